The van der Waals surface area contributed by atoms with E-state index in [1.54, 1.807) is 4.90 Å². The third-order valence-electron chi connectivity index (χ3n) is 4.45. The third kappa shape index (κ3) is 3.01. The van der Waals surface area contributed by atoms with E-state index in [-0.39, 0.29) is 24.2 Å². The molecular formula is C14H24N2O3. The number of likely N-dealkylation sites (tertiary alicyclic amines) is 1. The second-order valence-electron chi connectivity index (χ2n) is 6.31. The highest BCUT2D eigenvalue weighted by Crippen LogP contribution is 2.31. The standard InChI is InChI=1S/C14H24N2O3/c1-14(2)8-5-9-16(14)13(19)15(10-12(17)18)11-6-3-4-7-11/h11H,3-10H2,1-2H3,(H,17,18). The van der Waals surface area contributed by atoms with Gasteiger partial charge in [-0.2, -0.15) is 0 Å². The van der Waals surface area contributed by atoms with Crippen LogP contribution >= 0.6 is 0 Å². The van der Waals surface area contributed by atoms with Crippen molar-refractivity contribution >= 4 is 12.0 Å². The van der Waals surface area contributed by atoms with Crippen molar-refractivity contribution in [2.24, 2.45) is 0 Å². The van der Waals surface area contributed by atoms with E-state index in [4.69, 9.17) is 5.11 Å². The number of rotatable bonds is 3. The zero-order chi connectivity index (χ0) is 14.0. The minimum Gasteiger partial charge on any atom is -0.480 e. The molecule has 0 aromatic rings. The molecule has 0 bridgehead atoms. The van der Waals surface area contributed by atoms with Crippen molar-refractivity contribution in [1.29, 1.82) is 0 Å². The molecule has 1 aliphatic carbocycles. The molecule has 2 fully saturated rings. The van der Waals surface area contributed by atoms with Crippen molar-refractivity contribution in [3.8, 4) is 0 Å². The smallest absolute Gasteiger partial charge is 0.323 e. The topological polar surface area (TPSA) is 60.9 Å². The maximum absolute atomic E-state index is 12.7. The Morgan fingerprint density at radius 1 is 1.26 bits per heavy atom. The number of carbonyl (C=O) groups is 2. The van der Waals surface area contributed by atoms with Crippen LogP contribution in [0.4, 0.5) is 4.79 Å². The molecule has 0 aromatic carbocycles. The molecule has 0 unspecified atom stereocenters. The normalized spacial score (nSPS) is 22.7. The highest BCUT2D eigenvalue weighted by molar-refractivity contribution is 5.81. The molecule has 0 atom stereocenters. The van der Waals surface area contributed by atoms with Crippen molar-refractivity contribution in [1.82, 2.24) is 9.80 Å². The molecule has 2 aliphatic rings. The molecule has 108 valence electrons. The lowest BCUT2D eigenvalue weighted by Gasteiger charge is -2.38. The lowest BCUT2D eigenvalue weighted by molar-refractivity contribution is -0.138. The number of carbonyl (C=O) groups excluding carboxylic acids is 1. The fraction of sp³-hybridized carbons (Fsp3) is 0.857. The Hall–Kier alpha value is -1.26. The number of carboxylic acid groups (broad SMARTS) is 1. The minimum atomic E-state index is -0.919. The summed E-state index contributed by atoms with van der Waals surface area (Å²) in [5, 5.41) is 9.05. The molecule has 19 heavy (non-hydrogen) atoms. The Kier molecular flexibility index (Phi) is 4.02. The number of urea groups is 1. The van der Waals surface area contributed by atoms with E-state index < -0.39 is 5.97 Å². The summed E-state index contributed by atoms with van der Waals surface area (Å²) < 4.78 is 0. The summed E-state index contributed by atoms with van der Waals surface area (Å²) in [5.74, 6) is -0.919. The van der Waals surface area contributed by atoms with E-state index in [2.05, 4.69) is 13.8 Å². The van der Waals surface area contributed by atoms with Crippen LogP contribution in [0.15, 0.2) is 0 Å². The van der Waals surface area contributed by atoms with E-state index >= 15 is 0 Å². The van der Waals surface area contributed by atoms with E-state index in [1.807, 2.05) is 4.90 Å². The van der Waals surface area contributed by atoms with Crippen LogP contribution in [0, 0.1) is 0 Å². The first-order valence-corrected chi connectivity index (χ1v) is 7.22. The number of nitrogens with zero attached hydrogens (tertiary/aromatic N) is 2. The molecule has 2 amide bonds. The van der Waals surface area contributed by atoms with Crippen LogP contribution in [0.3, 0.4) is 0 Å². The second-order valence-corrected chi connectivity index (χ2v) is 6.31. The maximum atomic E-state index is 12.7. The van der Waals surface area contributed by atoms with Gasteiger partial charge >= 0.3 is 12.0 Å². The molecule has 5 nitrogen and oxygen atoms in total. The molecule has 0 spiro atoms. The van der Waals surface area contributed by atoms with Gasteiger partial charge in [-0.15, -0.1) is 0 Å². The predicted molar refractivity (Wildman–Crippen MR) is 72.0 cm³/mol. The van der Waals surface area contributed by atoms with Crippen molar-refractivity contribution in [3.63, 3.8) is 0 Å². The van der Waals surface area contributed by atoms with Gasteiger partial charge < -0.3 is 14.9 Å². The number of carboxylic acids is 1. The summed E-state index contributed by atoms with van der Waals surface area (Å²) in [4.78, 5) is 27.1. The summed E-state index contributed by atoms with van der Waals surface area (Å²) in [6, 6.07) is 0.0248. The van der Waals surface area contributed by atoms with Crippen molar-refractivity contribution in [3.05, 3.63) is 0 Å². The highest BCUT2D eigenvalue weighted by Gasteiger charge is 2.40. The monoisotopic (exact) mass is 268 g/mol. The molecule has 1 saturated carbocycles. The number of aliphatic carboxylic acids is 1. The second kappa shape index (κ2) is 5.39. The lowest BCUT2D eigenvalue weighted by atomic mass is 10.0. The first-order chi connectivity index (χ1) is 8.92. The Bertz CT molecular complexity index is 362. The molecule has 1 N–H and O–H groups in total. The fourth-order valence-electron chi connectivity index (χ4n) is 3.33. The van der Waals surface area contributed by atoms with Gasteiger partial charge in [0.1, 0.15) is 6.54 Å². The third-order valence-corrected chi connectivity index (χ3v) is 4.45. The number of hydrogen-bond donors (Lipinski definition) is 1. The van der Waals surface area contributed by atoms with E-state index in [0.29, 0.717) is 0 Å². The summed E-state index contributed by atoms with van der Waals surface area (Å²) >= 11 is 0. The maximum Gasteiger partial charge on any atom is 0.323 e. The zero-order valence-corrected chi connectivity index (χ0v) is 11.9. The van der Waals surface area contributed by atoms with Crippen LogP contribution in [0.5, 0.6) is 0 Å². The first-order valence-electron chi connectivity index (χ1n) is 7.22. The first kappa shape index (κ1) is 14.2. The Morgan fingerprint density at radius 2 is 1.89 bits per heavy atom. The molecule has 0 aromatic heterocycles. The molecule has 1 heterocycles. The number of hydrogen-bond acceptors (Lipinski definition) is 2. The van der Waals surface area contributed by atoms with Crippen LogP contribution < -0.4 is 0 Å². The average molecular weight is 268 g/mol. The van der Waals surface area contributed by atoms with Gasteiger partial charge in [0.05, 0.1) is 0 Å². The van der Waals surface area contributed by atoms with Gasteiger partial charge in [-0.3, -0.25) is 4.79 Å². The van der Waals surface area contributed by atoms with Gasteiger partial charge in [0.2, 0.25) is 0 Å². The van der Waals surface area contributed by atoms with Crippen LogP contribution in [-0.2, 0) is 4.79 Å². The van der Waals surface area contributed by atoms with Crippen LogP contribution in [0.1, 0.15) is 52.4 Å². The van der Waals surface area contributed by atoms with Gasteiger partial charge in [0.15, 0.2) is 0 Å². The summed E-state index contributed by atoms with van der Waals surface area (Å²) in [6.45, 7) is 4.70. The van der Waals surface area contributed by atoms with Gasteiger partial charge in [-0.25, -0.2) is 4.79 Å². The van der Waals surface area contributed by atoms with Crippen molar-refractivity contribution < 1.29 is 14.7 Å². The summed E-state index contributed by atoms with van der Waals surface area (Å²) in [5.41, 5.74) is -0.146. The Labute approximate surface area is 114 Å². The van der Waals surface area contributed by atoms with Crippen molar-refractivity contribution in [2.45, 2.75) is 64.0 Å². The molecular weight excluding hydrogens is 244 g/mol. The quantitative estimate of drug-likeness (QED) is 0.854. The summed E-state index contributed by atoms with van der Waals surface area (Å²) in [7, 11) is 0. The van der Waals surface area contributed by atoms with Crippen molar-refractivity contribution in [2.75, 3.05) is 13.1 Å². The molecule has 0 radical (unpaired) electrons. The van der Waals surface area contributed by atoms with Gasteiger partial charge in [-0.1, -0.05) is 12.8 Å². The Balaban J connectivity index is 2.12. The van der Waals surface area contributed by atoms with E-state index in [0.717, 1.165) is 45.1 Å². The fourth-order valence-corrected chi connectivity index (χ4v) is 3.33. The van der Waals surface area contributed by atoms with Gasteiger partial charge in [-0.05, 0) is 39.5 Å². The van der Waals surface area contributed by atoms with Crippen LogP contribution in [0.2, 0.25) is 0 Å². The largest absolute Gasteiger partial charge is 0.480 e. The van der Waals surface area contributed by atoms with E-state index in [9.17, 15) is 9.59 Å². The lowest BCUT2D eigenvalue weighted by Crippen LogP contribution is -2.53. The SMILES string of the molecule is CC1(C)CCCN1C(=O)N(CC(=O)O)C1CCCC1. The summed E-state index contributed by atoms with van der Waals surface area (Å²) in [6.07, 6.45) is 6.06. The molecule has 1 saturated heterocycles. The van der Waals surface area contributed by atoms with E-state index in [1.165, 1.54) is 0 Å². The van der Waals surface area contributed by atoms with Crippen LogP contribution in [0.25, 0.3) is 0 Å². The number of amides is 2. The minimum absolute atomic E-state index is 0.0863. The predicted octanol–water partition coefficient (Wildman–Crippen LogP) is 2.31. The molecule has 2 rings (SSSR count). The average Bonchev–Trinajstić information content (AvgIpc) is 2.93. The zero-order valence-electron chi connectivity index (χ0n) is 11.9. The van der Waals surface area contributed by atoms with Gasteiger partial charge in [0.25, 0.3) is 0 Å². The Morgan fingerprint density at radius 3 is 2.37 bits per heavy atom. The highest BCUT2D eigenvalue weighted by atomic mass is 16.4. The molecule has 5 heteroatoms. The van der Waals surface area contributed by atoms with Crippen LogP contribution in [-0.4, -0.2) is 51.6 Å². The van der Waals surface area contributed by atoms with Gasteiger partial charge in [0, 0.05) is 18.1 Å². The molecule has 1 aliphatic heterocycles.